The van der Waals surface area contributed by atoms with Crippen molar-refractivity contribution in [3.8, 4) is 28.0 Å². The summed E-state index contributed by atoms with van der Waals surface area (Å²) in [5.41, 5.74) is 10.9. The van der Waals surface area contributed by atoms with Crippen LogP contribution < -0.4 is 11.1 Å². The van der Waals surface area contributed by atoms with Gasteiger partial charge in [0.2, 0.25) is 0 Å². The molecule has 0 aliphatic heterocycles. The largest absolute Gasteiger partial charge is 0.387 e. The van der Waals surface area contributed by atoms with Crippen molar-refractivity contribution in [3.05, 3.63) is 47.2 Å². The number of pyridine rings is 1. The second-order valence-electron chi connectivity index (χ2n) is 7.83. The average Bonchev–Trinajstić information content (AvgIpc) is 3.46. The fourth-order valence-corrected chi connectivity index (χ4v) is 5.14. The van der Waals surface area contributed by atoms with Gasteiger partial charge in [0.25, 0.3) is 0 Å². The van der Waals surface area contributed by atoms with Gasteiger partial charge in [0.15, 0.2) is 5.01 Å². The van der Waals surface area contributed by atoms with Crippen LogP contribution in [0.5, 0.6) is 0 Å². The van der Waals surface area contributed by atoms with Gasteiger partial charge in [-0.2, -0.15) is 10.4 Å². The van der Waals surface area contributed by atoms with Gasteiger partial charge >= 0.3 is 0 Å². The van der Waals surface area contributed by atoms with Crippen molar-refractivity contribution in [3.63, 3.8) is 0 Å². The van der Waals surface area contributed by atoms with Crippen LogP contribution in [0.3, 0.4) is 0 Å². The highest BCUT2D eigenvalue weighted by Gasteiger charge is 2.24. The second-order valence-corrected chi connectivity index (χ2v) is 8.84. The van der Waals surface area contributed by atoms with Crippen molar-refractivity contribution >= 4 is 22.5 Å². The lowest BCUT2D eigenvalue weighted by molar-refractivity contribution is 0.393. The van der Waals surface area contributed by atoms with Crippen LogP contribution in [0.25, 0.3) is 27.5 Å². The monoisotopic (exact) mass is 430 g/mol. The molecule has 0 bridgehead atoms. The molecule has 8 nitrogen and oxygen atoms in total. The van der Waals surface area contributed by atoms with Crippen molar-refractivity contribution in [1.82, 2.24) is 24.8 Å². The quantitative estimate of drug-likeness (QED) is 0.505. The van der Waals surface area contributed by atoms with Crippen molar-refractivity contribution in [2.24, 2.45) is 5.73 Å². The van der Waals surface area contributed by atoms with E-state index in [0.29, 0.717) is 17.5 Å². The molecule has 4 aromatic rings. The third-order valence-corrected chi connectivity index (χ3v) is 6.98. The zero-order valence-corrected chi connectivity index (χ0v) is 17.9. The van der Waals surface area contributed by atoms with Crippen LogP contribution >= 0.6 is 11.3 Å². The summed E-state index contributed by atoms with van der Waals surface area (Å²) in [5.74, 6) is 0.452. The Bertz CT molecular complexity index is 1280. The molecular weight excluding hydrogens is 408 g/mol. The normalized spacial score (nSPS) is 18.7. The molecule has 4 heterocycles. The number of anilines is 1. The Labute approximate surface area is 183 Å². The fourth-order valence-electron chi connectivity index (χ4n) is 4.10. The van der Waals surface area contributed by atoms with E-state index >= 15 is 0 Å². The first-order valence-corrected chi connectivity index (χ1v) is 11.1. The van der Waals surface area contributed by atoms with Gasteiger partial charge in [0.1, 0.15) is 11.1 Å². The third kappa shape index (κ3) is 3.65. The molecule has 0 amide bonds. The highest BCUT2D eigenvalue weighted by molar-refractivity contribution is 7.14. The molecule has 0 aromatic carbocycles. The molecule has 156 valence electrons. The first-order valence-electron chi connectivity index (χ1n) is 10.3. The SMILES string of the molecule is CNc1cc(-c2ccc3cc(C#N)cnn23)ncc1-c1nnc([C@H]2CC[C@H](N)CC2)s1. The zero-order valence-electron chi connectivity index (χ0n) is 17.1. The summed E-state index contributed by atoms with van der Waals surface area (Å²) in [6.07, 6.45) is 7.65. The Morgan fingerprint density at radius 3 is 2.77 bits per heavy atom. The Morgan fingerprint density at radius 1 is 1.16 bits per heavy atom. The third-order valence-electron chi connectivity index (χ3n) is 5.86. The summed E-state index contributed by atoms with van der Waals surface area (Å²) >= 11 is 1.64. The van der Waals surface area contributed by atoms with E-state index in [9.17, 15) is 0 Å². The van der Waals surface area contributed by atoms with E-state index < -0.39 is 0 Å². The number of rotatable bonds is 4. The average molecular weight is 431 g/mol. The van der Waals surface area contributed by atoms with Crippen molar-refractivity contribution in [2.45, 2.75) is 37.6 Å². The van der Waals surface area contributed by atoms with E-state index in [4.69, 9.17) is 11.0 Å². The smallest absolute Gasteiger partial charge is 0.151 e. The molecule has 0 saturated heterocycles. The fraction of sp³-hybridized carbons (Fsp3) is 0.318. The number of nitrogens with one attached hydrogen (secondary N) is 1. The van der Waals surface area contributed by atoms with Gasteiger partial charge in [-0.1, -0.05) is 11.3 Å². The standard InChI is InChI=1S/C22H22N8S/c1-25-18-9-19(20-7-6-16-8-13(10-23)11-27-30(16)20)26-12-17(18)22-29-28-21(31-22)14-2-4-15(24)5-3-14/h6-9,11-12,14-15H,2-5,24H2,1H3,(H,25,26)/t14-,15-. The lowest BCUT2D eigenvalue weighted by Crippen LogP contribution is -2.25. The minimum Gasteiger partial charge on any atom is -0.387 e. The summed E-state index contributed by atoms with van der Waals surface area (Å²) in [6.45, 7) is 0. The van der Waals surface area contributed by atoms with Gasteiger partial charge in [0, 0.05) is 30.9 Å². The van der Waals surface area contributed by atoms with Crippen LogP contribution in [0.1, 0.15) is 42.2 Å². The summed E-state index contributed by atoms with van der Waals surface area (Å²) in [7, 11) is 1.89. The molecule has 31 heavy (non-hydrogen) atoms. The van der Waals surface area contributed by atoms with E-state index in [1.807, 2.05) is 37.5 Å². The molecular formula is C22H22N8S. The lowest BCUT2D eigenvalue weighted by Gasteiger charge is -2.23. The van der Waals surface area contributed by atoms with Gasteiger partial charge in [-0.15, -0.1) is 10.2 Å². The maximum Gasteiger partial charge on any atom is 0.151 e. The first kappa shape index (κ1) is 19.6. The number of nitrogens with two attached hydrogens (primary N) is 1. The van der Waals surface area contributed by atoms with E-state index in [-0.39, 0.29) is 0 Å². The predicted molar refractivity (Wildman–Crippen MR) is 121 cm³/mol. The molecule has 0 unspecified atom stereocenters. The van der Waals surface area contributed by atoms with Gasteiger partial charge in [-0.3, -0.25) is 4.98 Å². The van der Waals surface area contributed by atoms with E-state index in [2.05, 4.69) is 31.7 Å². The number of hydrogen-bond donors (Lipinski definition) is 2. The van der Waals surface area contributed by atoms with Gasteiger partial charge in [-0.25, -0.2) is 4.52 Å². The Kier molecular flexibility index (Phi) is 5.10. The summed E-state index contributed by atoms with van der Waals surface area (Å²) < 4.78 is 1.79. The number of nitriles is 1. The highest BCUT2D eigenvalue weighted by Crippen LogP contribution is 2.38. The minimum atomic E-state index is 0.322. The Hall–Kier alpha value is -3.35. The Morgan fingerprint density at radius 2 is 2.00 bits per heavy atom. The van der Waals surface area contributed by atoms with E-state index in [1.165, 1.54) is 0 Å². The van der Waals surface area contributed by atoms with Crippen LogP contribution in [0.2, 0.25) is 0 Å². The van der Waals surface area contributed by atoms with Crippen LogP contribution in [0.4, 0.5) is 5.69 Å². The molecule has 0 spiro atoms. The summed E-state index contributed by atoms with van der Waals surface area (Å²) in [5, 5.41) is 27.6. The van der Waals surface area contributed by atoms with Gasteiger partial charge in [-0.05, 0) is 49.9 Å². The molecule has 9 heteroatoms. The molecule has 4 aromatic heterocycles. The van der Waals surface area contributed by atoms with Crippen LogP contribution in [0, 0.1) is 11.3 Å². The van der Waals surface area contributed by atoms with Crippen LogP contribution in [0.15, 0.2) is 36.7 Å². The molecule has 3 N–H and O–H groups in total. The molecule has 1 aliphatic carbocycles. The first-order chi connectivity index (χ1) is 15.2. The molecule has 5 rings (SSSR count). The topological polar surface area (TPSA) is 118 Å². The second kappa shape index (κ2) is 8.06. The zero-order chi connectivity index (χ0) is 21.4. The summed E-state index contributed by atoms with van der Waals surface area (Å²) in [6, 6.07) is 10.1. The van der Waals surface area contributed by atoms with E-state index in [1.54, 1.807) is 22.0 Å². The van der Waals surface area contributed by atoms with Crippen molar-refractivity contribution in [1.29, 1.82) is 5.26 Å². The Balaban J connectivity index is 1.47. The molecule has 0 atom stereocenters. The molecule has 1 aliphatic rings. The van der Waals surface area contributed by atoms with Gasteiger partial charge in [0.05, 0.1) is 34.2 Å². The van der Waals surface area contributed by atoms with Crippen LogP contribution in [-0.4, -0.2) is 37.9 Å². The minimum absolute atomic E-state index is 0.322. The predicted octanol–water partition coefficient (Wildman–Crippen LogP) is 3.81. The number of aromatic nitrogens is 5. The number of fused-ring (bicyclic) bond motifs is 1. The molecule has 1 fully saturated rings. The van der Waals surface area contributed by atoms with Gasteiger partial charge < -0.3 is 11.1 Å². The van der Waals surface area contributed by atoms with E-state index in [0.717, 1.165) is 63.9 Å². The maximum absolute atomic E-state index is 9.09. The molecule has 0 radical (unpaired) electrons. The highest BCUT2D eigenvalue weighted by atomic mass is 32.1. The van der Waals surface area contributed by atoms with Crippen molar-refractivity contribution < 1.29 is 0 Å². The lowest BCUT2D eigenvalue weighted by atomic mass is 9.87. The summed E-state index contributed by atoms with van der Waals surface area (Å²) in [4.78, 5) is 4.69. The van der Waals surface area contributed by atoms with Crippen LogP contribution in [-0.2, 0) is 0 Å². The number of hydrogen-bond acceptors (Lipinski definition) is 8. The molecule has 1 saturated carbocycles. The maximum atomic E-state index is 9.09. The number of nitrogens with zero attached hydrogens (tertiary/aromatic N) is 6. The van der Waals surface area contributed by atoms with Crippen molar-refractivity contribution in [2.75, 3.05) is 12.4 Å².